The minimum Gasteiger partial charge on any atom is -0.311 e. The molecule has 1 aliphatic heterocycles. The van der Waals surface area contributed by atoms with E-state index in [1.54, 1.807) is 6.33 Å². The van der Waals surface area contributed by atoms with Gasteiger partial charge in [0, 0.05) is 23.9 Å². The van der Waals surface area contributed by atoms with Crippen molar-refractivity contribution < 1.29 is 0 Å². The van der Waals surface area contributed by atoms with Crippen LogP contribution in [0.4, 0.5) is 0 Å². The van der Waals surface area contributed by atoms with E-state index in [1.807, 2.05) is 12.4 Å². The lowest BCUT2D eigenvalue weighted by Gasteiger charge is -2.26. The zero-order valence-electron chi connectivity index (χ0n) is 8.12. The molecule has 1 N–H and O–H groups in total. The van der Waals surface area contributed by atoms with Crippen LogP contribution in [0.3, 0.4) is 0 Å². The molecular formula is C10H15N3. The van der Waals surface area contributed by atoms with Crippen molar-refractivity contribution in [3.63, 3.8) is 0 Å². The van der Waals surface area contributed by atoms with Crippen molar-refractivity contribution in [1.29, 1.82) is 0 Å². The SMILES string of the molecule is CC1(C)NCCC1c1cncnc1. The molecule has 1 fully saturated rings. The Kier molecular flexibility index (Phi) is 2.04. The maximum absolute atomic E-state index is 4.06. The van der Waals surface area contributed by atoms with Crippen molar-refractivity contribution in [3.8, 4) is 0 Å². The van der Waals surface area contributed by atoms with Crippen LogP contribution in [0.15, 0.2) is 18.7 Å². The number of nitrogens with one attached hydrogen (secondary N) is 1. The predicted molar refractivity (Wildman–Crippen MR) is 51.5 cm³/mol. The molecule has 2 heterocycles. The number of aromatic nitrogens is 2. The Morgan fingerprint density at radius 3 is 2.62 bits per heavy atom. The molecule has 1 aliphatic rings. The van der Waals surface area contributed by atoms with Crippen LogP contribution < -0.4 is 5.32 Å². The Morgan fingerprint density at radius 2 is 2.08 bits per heavy atom. The topological polar surface area (TPSA) is 37.8 Å². The third-order valence-electron chi connectivity index (χ3n) is 2.87. The number of hydrogen-bond acceptors (Lipinski definition) is 3. The summed E-state index contributed by atoms with van der Waals surface area (Å²) < 4.78 is 0. The van der Waals surface area contributed by atoms with Crippen molar-refractivity contribution in [3.05, 3.63) is 24.3 Å². The fourth-order valence-electron chi connectivity index (χ4n) is 2.10. The second-order valence-electron chi connectivity index (χ2n) is 4.16. The highest BCUT2D eigenvalue weighted by atomic mass is 15.0. The molecule has 0 aliphatic carbocycles. The Hall–Kier alpha value is -0.960. The van der Waals surface area contributed by atoms with Gasteiger partial charge in [0.2, 0.25) is 0 Å². The van der Waals surface area contributed by atoms with Crippen LogP contribution in [-0.2, 0) is 0 Å². The monoisotopic (exact) mass is 177 g/mol. The zero-order chi connectivity index (χ0) is 9.31. The zero-order valence-corrected chi connectivity index (χ0v) is 8.12. The summed E-state index contributed by atoms with van der Waals surface area (Å²) in [6.45, 7) is 5.56. The van der Waals surface area contributed by atoms with Crippen LogP contribution in [0.1, 0.15) is 31.7 Å². The number of hydrogen-bond donors (Lipinski definition) is 1. The molecule has 3 nitrogen and oxygen atoms in total. The maximum atomic E-state index is 4.06. The van der Waals surface area contributed by atoms with Gasteiger partial charge in [-0.2, -0.15) is 0 Å². The van der Waals surface area contributed by atoms with Gasteiger partial charge >= 0.3 is 0 Å². The number of rotatable bonds is 1. The second-order valence-corrected chi connectivity index (χ2v) is 4.16. The summed E-state index contributed by atoms with van der Waals surface area (Å²) in [4.78, 5) is 8.11. The first kappa shape index (κ1) is 8.63. The summed E-state index contributed by atoms with van der Waals surface area (Å²) in [6.07, 6.45) is 6.61. The van der Waals surface area contributed by atoms with Crippen molar-refractivity contribution in [2.75, 3.05) is 6.54 Å². The van der Waals surface area contributed by atoms with Crippen LogP contribution in [-0.4, -0.2) is 22.1 Å². The molecule has 3 heteroatoms. The van der Waals surface area contributed by atoms with Crippen molar-refractivity contribution in [2.24, 2.45) is 0 Å². The smallest absolute Gasteiger partial charge is 0.115 e. The van der Waals surface area contributed by atoms with E-state index in [0.29, 0.717) is 5.92 Å². The Labute approximate surface area is 78.6 Å². The molecule has 0 spiro atoms. The minimum atomic E-state index is 0.185. The van der Waals surface area contributed by atoms with E-state index in [2.05, 4.69) is 29.1 Å². The molecule has 1 saturated heterocycles. The van der Waals surface area contributed by atoms with E-state index < -0.39 is 0 Å². The molecule has 13 heavy (non-hydrogen) atoms. The summed E-state index contributed by atoms with van der Waals surface area (Å²) in [5, 5.41) is 3.49. The van der Waals surface area contributed by atoms with Gasteiger partial charge in [-0.1, -0.05) is 0 Å². The number of nitrogens with zero attached hydrogens (tertiary/aromatic N) is 2. The Morgan fingerprint density at radius 1 is 1.38 bits per heavy atom. The summed E-state index contributed by atoms with van der Waals surface area (Å²) in [5.74, 6) is 0.550. The lowest BCUT2D eigenvalue weighted by Crippen LogP contribution is -2.36. The molecule has 0 amide bonds. The van der Waals surface area contributed by atoms with E-state index in [0.717, 1.165) is 6.54 Å². The first-order valence-electron chi connectivity index (χ1n) is 4.70. The fraction of sp³-hybridized carbons (Fsp3) is 0.600. The summed E-state index contributed by atoms with van der Waals surface area (Å²) in [5.41, 5.74) is 1.43. The molecular weight excluding hydrogens is 162 g/mol. The lowest BCUT2D eigenvalue weighted by molar-refractivity contribution is 0.409. The first-order chi connectivity index (χ1) is 6.20. The lowest BCUT2D eigenvalue weighted by atomic mass is 9.85. The van der Waals surface area contributed by atoms with Crippen LogP contribution in [0, 0.1) is 0 Å². The van der Waals surface area contributed by atoms with E-state index in [1.165, 1.54) is 12.0 Å². The predicted octanol–water partition coefficient (Wildman–Crippen LogP) is 1.33. The highest BCUT2D eigenvalue weighted by Gasteiger charge is 2.35. The molecule has 1 atom stereocenters. The van der Waals surface area contributed by atoms with Gasteiger partial charge in [-0.25, -0.2) is 9.97 Å². The Bertz CT molecular complexity index is 281. The normalized spacial score (nSPS) is 26.2. The van der Waals surface area contributed by atoms with E-state index in [9.17, 15) is 0 Å². The van der Waals surface area contributed by atoms with E-state index in [4.69, 9.17) is 0 Å². The molecule has 0 radical (unpaired) electrons. The van der Waals surface area contributed by atoms with Gasteiger partial charge in [-0.3, -0.25) is 0 Å². The van der Waals surface area contributed by atoms with Crippen molar-refractivity contribution >= 4 is 0 Å². The molecule has 2 rings (SSSR count). The van der Waals surface area contributed by atoms with Crippen molar-refractivity contribution in [2.45, 2.75) is 31.7 Å². The highest BCUT2D eigenvalue weighted by Crippen LogP contribution is 2.34. The van der Waals surface area contributed by atoms with Crippen molar-refractivity contribution in [1.82, 2.24) is 15.3 Å². The third kappa shape index (κ3) is 1.56. The summed E-state index contributed by atoms with van der Waals surface area (Å²) >= 11 is 0. The Balaban J connectivity index is 2.27. The van der Waals surface area contributed by atoms with Crippen LogP contribution in [0.25, 0.3) is 0 Å². The molecule has 0 aromatic carbocycles. The van der Waals surface area contributed by atoms with E-state index in [-0.39, 0.29) is 5.54 Å². The average molecular weight is 177 g/mol. The maximum Gasteiger partial charge on any atom is 0.115 e. The van der Waals surface area contributed by atoms with Gasteiger partial charge < -0.3 is 5.32 Å². The van der Waals surface area contributed by atoms with Gasteiger partial charge in [0.05, 0.1) is 0 Å². The second kappa shape index (κ2) is 3.07. The van der Waals surface area contributed by atoms with Crippen LogP contribution >= 0.6 is 0 Å². The largest absolute Gasteiger partial charge is 0.311 e. The molecule has 0 bridgehead atoms. The fourth-order valence-corrected chi connectivity index (χ4v) is 2.10. The van der Waals surface area contributed by atoms with Crippen LogP contribution in [0.2, 0.25) is 0 Å². The highest BCUT2D eigenvalue weighted by molar-refractivity contribution is 5.18. The van der Waals surface area contributed by atoms with Gasteiger partial charge in [0.1, 0.15) is 6.33 Å². The molecule has 1 unspecified atom stereocenters. The van der Waals surface area contributed by atoms with Gasteiger partial charge in [-0.15, -0.1) is 0 Å². The van der Waals surface area contributed by atoms with Gasteiger partial charge in [-0.05, 0) is 32.4 Å². The van der Waals surface area contributed by atoms with Gasteiger partial charge in [0.25, 0.3) is 0 Å². The van der Waals surface area contributed by atoms with E-state index >= 15 is 0 Å². The molecule has 0 saturated carbocycles. The molecule has 1 aromatic rings. The summed E-state index contributed by atoms with van der Waals surface area (Å²) in [7, 11) is 0. The quantitative estimate of drug-likeness (QED) is 0.703. The summed E-state index contributed by atoms with van der Waals surface area (Å²) in [6, 6.07) is 0. The third-order valence-corrected chi connectivity index (χ3v) is 2.87. The molecule has 70 valence electrons. The first-order valence-corrected chi connectivity index (χ1v) is 4.70. The molecule has 1 aromatic heterocycles. The standard InChI is InChI=1S/C10H15N3/c1-10(2)9(3-4-13-10)8-5-11-7-12-6-8/h5-7,9,13H,3-4H2,1-2H3. The minimum absolute atomic E-state index is 0.185. The van der Waals surface area contributed by atoms with Gasteiger partial charge in [0.15, 0.2) is 0 Å². The van der Waals surface area contributed by atoms with Crippen LogP contribution in [0.5, 0.6) is 0 Å². The average Bonchev–Trinajstić information content (AvgIpc) is 2.47.